The number of piperidine rings is 2. The summed E-state index contributed by atoms with van der Waals surface area (Å²) in [4.78, 5) is 16.4. The van der Waals surface area contributed by atoms with E-state index in [2.05, 4.69) is 5.32 Å². The number of hydrogen-bond acceptors (Lipinski definition) is 4. The Bertz CT molecular complexity index is 800. The van der Waals surface area contributed by atoms with Crippen LogP contribution in [0.2, 0.25) is 0 Å². The maximum Gasteiger partial charge on any atom is 0.317 e. The summed E-state index contributed by atoms with van der Waals surface area (Å²) in [5.41, 5.74) is 0.0561. The van der Waals surface area contributed by atoms with Crippen molar-refractivity contribution in [2.45, 2.75) is 64.1 Å². The number of carbonyl (C=O) groups excluding carboxylic acids is 1. The molecule has 2 fully saturated rings. The van der Waals surface area contributed by atoms with E-state index in [-0.39, 0.29) is 18.1 Å². The van der Waals surface area contributed by atoms with E-state index >= 15 is 0 Å². The molecule has 0 spiro atoms. The van der Waals surface area contributed by atoms with Crippen LogP contribution in [0.25, 0.3) is 0 Å². The first-order valence-electron chi connectivity index (χ1n) is 11.1. The van der Waals surface area contributed by atoms with Crippen LogP contribution in [0.15, 0.2) is 18.2 Å². The number of halogens is 2. The van der Waals surface area contributed by atoms with Gasteiger partial charge in [0.25, 0.3) is 0 Å². The lowest BCUT2D eigenvalue weighted by molar-refractivity contribution is 0.125. The van der Waals surface area contributed by atoms with Crippen molar-refractivity contribution in [3.63, 3.8) is 0 Å². The molecule has 1 N–H and O–H groups in total. The molecule has 2 aliphatic rings. The summed E-state index contributed by atoms with van der Waals surface area (Å²) in [6.45, 7) is 8.07. The zero-order valence-corrected chi connectivity index (χ0v) is 20.1. The van der Waals surface area contributed by atoms with E-state index in [0.717, 1.165) is 18.9 Å². The first-order chi connectivity index (χ1) is 15.0. The van der Waals surface area contributed by atoms with Gasteiger partial charge in [0, 0.05) is 57.1 Å². The molecule has 0 bridgehead atoms. The molecule has 1 unspecified atom stereocenters. The van der Waals surface area contributed by atoms with Gasteiger partial charge in [-0.3, -0.25) is 4.18 Å². The van der Waals surface area contributed by atoms with Crippen molar-refractivity contribution in [2.75, 3.05) is 38.1 Å². The zero-order chi connectivity index (χ0) is 23.5. The maximum atomic E-state index is 13.5. The quantitative estimate of drug-likeness (QED) is 0.713. The third-order valence-electron chi connectivity index (χ3n) is 5.86. The predicted octanol–water partition coefficient (Wildman–Crippen LogP) is 3.43. The van der Waals surface area contributed by atoms with Gasteiger partial charge in [0.15, 0.2) is 0 Å². The molecular formula is C22H34F2N4O3S. The topological polar surface area (TPSA) is 65.1 Å². The fraction of sp³-hybridized carbons (Fsp3) is 0.682. The number of hydrogen-bond donors (Lipinski definition) is 1. The summed E-state index contributed by atoms with van der Waals surface area (Å²) in [7, 11) is 1.79. The van der Waals surface area contributed by atoms with Gasteiger partial charge in [-0.2, -0.15) is 0 Å². The van der Waals surface area contributed by atoms with Crippen molar-refractivity contribution in [3.8, 4) is 0 Å². The van der Waals surface area contributed by atoms with Gasteiger partial charge in [0.05, 0.1) is 5.60 Å². The van der Waals surface area contributed by atoms with Crippen LogP contribution in [-0.4, -0.2) is 70.4 Å². The van der Waals surface area contributed by atoms with Gasteiger partial charge in [0.2, 0.25) is 11.3 Å². The van der Waals surface area contributed by atoms with E-state index in [1.807, 2.05) is 25.7 Å². The summed E-state index contributed by atoms with van der Waals surface area (Å²) in [5, 5.41) is 3.09. The standard InChI is InChI=1S/C22H34F2N4O3S/c1-22(2,3)31-32(30)28-11-7-19(8-12-28)26(4)21(29)25-18-5-9-27(10-6-18)20-14-16(23)13-17(24)15-20/h13-15,18-19H,5-12H2,1-4H3,(H,25,29). The molecule has 1 aromatic rings. The average Bonchev–Trinajstić information content (AvgIpc) is 2.72. The van der Waals surface area contributed by atoms with Crippen molar-refractivity contribution in [3.05, 3.63) is 29.8 Å². The highest BCUT2D eigenvalue weighted by Crippen LogP contribution is 2.23. The van der Waals surface area contributed by atoms with Crippen molar-refractivity contribution in [1.29, 1.82) is 0 Å². The maximum absolute atomic E-state index is 13.5. The van der Waals surface area contributed by atoms with Crippen LogP contribution in [0.5, 0.6) is 0 Å². The second-order valence-corrected chi connectivity index (χ2v) is 10.6. The Balaban J connectivity index is 1.43. The highest BCUT2D eigenvalue weighted by atomic mass is 32.2. The number of amides is 2. The zero-order valence-electron chi connectivity index (χ0n) is 19.3. The van der Waals surface area contributed by atoms with E-state index in [0.29, 0.717) is 44.7 Å². The molecule has 32 heavy (non-hydrogen) atoms. The van der Waals surface area contributed by atoms with Crippen LogP contribution >= 0.6 is 0 Å². The Morgan fingerprint density at radius 3 is 2.16 bits per heavy atom. The van der Waals surface area contributed by atoms with Crippen LogP contribution in [0.1, 0.15) is 46.5 Å². The Labute approximate surface area is 191 Å². The molecule has 2 aliphatic heterocycles. The Kier molecular flexibility index (Phi) is 8.11. The lowest BCUT2D eigenvalue weighted by atomic mass is 10.0. The van der Waals surface area contributed by atoms with Crippen LogP contribution in [0.3, 0.4) is 0 Å². The van der Waals surface area contributed by atoms with Crippen molar-refractivity contribution in [1.82, 2.24) is 14.5 Å². The lowest BCUT2D eigenvalue weighted by Gasteiger charge is -2.38. The van der Waals surface area contributed by atoms with E-state index in [4.69, 9.17) is 4.18 Å². The summed E-state index contributed by atoms with van der Waals surface area (Å²) >= 11 is -1.48. The fourth-order valence-electron chi connectivity index (χ4n) is 4.09. The second-order valence-electron chi connectivity index (χ2n) is 9.52. The molecule has 2 amide bonds. The molecule has 1 atom stereocenters. The highest BCUT2D eigenvalue weighted by Gasteiger charge is 2.31. The van der Waals surface area contributed by atoms with Gasteiger partial charge in [-0.1, -0.05) is 0 Å². The minimum atomic E-state index is -1.48. The monoisotopic (exact) mass is 472 g/mol. The van der Waals surface area contributed by atoms with Crippen LogP contribution < -0.4 is 10.2 Å². The van der Waals surface area contributed by atoms with Crippen LogP contribution in [0.4, 0.5) is 19.3 Å². The Morgan fingerprint density at radius 2 is 1.62 bits per heavy atom. The number of nitrogens with one attached hydrogen (secondary N) is 1. The van der Waals surface area contributed by atoms with Crippen molar-refractivity contribution < 1.29 is 22.0 Å². The van der Waals surface area contributed by atoms with E-state index in [1.165, 1.54) is 12.1 Å². The smallest absolute Gasteiger partial charge is 0.317 e. The normalized spacial score (nSPS) is 20.2. The van der Waals surface area contributed by atoms with Crippen molar-refractivity contribution in [2.24, 2.45) is 0 Å². The molecule has 10 heteroatoms. The molecule has 1 aromatic carbocycles. The number of carbonyl (C=O) groups is 1. The van der Waals surface area contributed by atoms with E-state index < -0.39 is 28.5 Å². The van der Waals surface area contributed by atoms with Crippen molar-refractivity contribution >= 4 is 23.0 Å². The SMILES string of the molecule is CN(C(=O)NC1CCN(c2cc(F)cc(F)c2)CC1)C1CCN(S(=O)OC(C)(C)C)CC1. The number of nitrogens with zero attached hydrogens (tertiary/aromatic N) is 3. The number of anilines is 1. The number of rotatable bonds is 5. The number of urea groups is 1. The molecule has 0 radical (unpaired) electrons. The Hall–Kier alpha value is -1.78. The van der Waals surface area contributed by atoms with Gasteiger partial charge in [-0.25, -0.2) is 22.1 Å². The molecule has 7 nitrogen and oxygen atoms in total. The molecule has 0 saturated carbocycles. The summed E-state index contributed by atoms with van der Waals surface area (Å²) in [6, 6.07) is 3.52. The lowest BCUT2D eigenvalue weighted by Crippen LogP contribution is -2.53. The summed E-state index contributed by atoms with van der Waals surface area (Å²) in [5.74, 6) is -1.17. The van der Waals surface area contributed by atoms with Gasteiger partial charge >= 0.3 is 6.03 Å². The molecule has 2 saturated heterocycles. The third-order valence-corrected chi connectivity index (χ3v) is 7.29. The molecule has 0 aromatic heterocycles. The van der Waals surface area contributed by atoms with Crippen LogP contribution in [-0.2, 0) is 15.4 Å². The van der Waals surface area contributed by atoms with E-state index in [9.17, 15) is 17.8 Å². The third kappa shape index (κ3) is 6.86. The summed E-state index contributed by atoms with van der Waals surface area (Å²) in [6.07, 6.45) is 2.87. The van der Waals surface area contributed by atoms with Gasteiger partial charge in [-0.15, -0.1) is 0 Å². The van der Waals surface area contributed by atoms with Gasteiger partial charge < -0.3 is 15.1 Å². The average molecular weight is 473 g/mol. The van der Waals surface area contributed by atoms with Gasteiger partial charge in [0.1, 0.15) is 11.6 Å². The molecule has 3 rings (SSSR count). The first-order valence-corrected chi connectivity index (χ1v) is 12.2. The fourth-order valence-corrected chi connectivity index (χ4v) is 5.13. The minimum absolute atomic E-state index is 0.0207. The summed E-state index contributed by atoms with van der Waals surface area (Å²) < 4.78 is 46.6. The Morgan fingerprint density at radius 1 is 1.06 bits per heavy atom. The first kappa shape index (κ1) is 24.9. The van der Waals surface area contributed by atoms with Gasteiger partial charge in [-0.05, 0) is 58.6 Å². The molecule has 2 heterocycles. The highest BCUT2D eigenvalue weighted by molar-refractivity contribution is 7.77. The van der Waals surface area contributed by atoms with E-state index in [1.54, 1.807) is 16.3 Å². The van der Waals surface area contributed by atoms with Crippen LogP contribution in [0, 0.1) is 11.6 Å². The molecule has 0 aliphatic carbocycles. The predicted molar refractivity (Wildman–Crippen MR) is 121 cm³/mol. The minimum Gasteiger partial charge on any atom is -0.371 e. The second kappa shape index (κ2) is 10.4. The molecule has 180 valence electrons. The largest absolute Gasteiger partial charge is 0.371 e. The number of benzene rings is 1. The molecular weight excluding hydrogens is 438 g/mol.